The SMILES string of the molecule is c1ccc2c(c1)-c1cc3ccccc3cc1C2CCC1c2ccccc2-c2cc3ccccc3cc21. The molecular formula is C36H26. The van der Waals surface area contributed by atoms with Crippen LogP contribution in [0.4, 0.5) is 0 Å². The molecule has 0 heteroatoms. The molecule has 36 heavy (non-hydrogen) atoms. The summed E-state index contributed by atoms with van der Waals surface area (Å²) in [6.45, 7) is 0. The van der Waals surface area contributed by atoms with E-state index in [1.54, 1.807) is 0 Å². The molecule has 0 aliphatic heterocycles. The van der Waals surface area contributed by atoms with Gasteiger partial charge in [0, 0.05) is 11.8 Å². The van der Waals surface area contributed by atoms with Crippen molar-refractivity contribution in [3.8, 4) is 22.3 Å². The van der Waals surface area contributed by atoms with Crippen LogP contribution in [0.2, 0.25) is 0 Å². The molecular weight excluding hydrogens is 432 g/mol. The summed E-state index contributed by atoms with van der Waals surface area (Å²) in [6.07, 6.45) is 2.29. The summed E-state index contributed by atoms with van der Waals surface area (Å²) >= 11 is 0. The fourth-order valence-corrected chi connectivity index (χ4v) is 6.94. The molecule has 0 saturated carbocycles. The van der Waals surface area contributed by atoms with Crippen LogP contribution >= 0.6 is 0 Å². The van der Waals surface area contributed by atoms with E-state index in [-0.39, 0.29) is 0 Å². The molecule has 0 heterocycles. The fourth-order valence-electron chi connectivity index (χ4n) is 6.94. The summed E-state index contributed by atoms with van der Waals surface area (Å²) in [4.78, 5) is 0. The Hall–Kier alpha value is -4.16. The van der Waals surface area contributed by atoms with E-state index in [4.69, 9.17) is 0 Å². The lowest BCUT2D eigenvalue weighted by molar-refractivity contribution is 0.626. The van der Waals surface area contributed by atoms with E-state index >= 15 is 0 Å². The molecule has 8 rings (SSSR count). The zero-order valence-electron chi connectivity index (χ0n) is 20.1. The van der Waals surface area contributed by atoms with Crippen molar-refractivity contribution in [2.45, 2.75) is 24.7 Å². The lowest BCUT2D eigenvalue weighted by Crippen LogP contribution is -2.03. The van der Waals surface area contributed by atoms with Gasteiger partial charge < -0.3 is 0 Å². The lowest BCUT2D eigenvalue weighted by Gasteiger charge is -2.19. The van der Waals surface area contributed by atoms with E-state index in [1.165, 1.54) is 66.1 Å². The Kier molecular flexibility index (Phi) is 4.28. The molecule has 170 valence electrons. The highest BCUT2D eigenvalue weighted by atomic mass is 14.4. The Morgan fingerprint density at radius 1 is 0.333 bits per heavy atom. The van der Waals surface area contributed by atoms with Crippen LogP contribution < -0.4 is 0 Å². The van der Waals surface area contributed by atoms with Crippen molar-refractivity contribution in [3.63, 3.8) is 0 Å². The summed E-state index contributed by atoms with van der Waals surface area (Å²) < 4.78 is 0. The van der Waals surface area contributed by atoms with Crippen LogP contribution in [0.3, 0.4) is 0 Å². The van der Waals surface area contributed by atoms with Crippen molar-refractivity contribution in [2.24, 2.45) is 0 Å². The van der Waals surface area contributed by atoms with Crippen LogP contribution in [-0.4, -0.2) is 0 Å². The highest BCUT2D eigenvalue weighted by molar-refractivity contribution is 5.94. The van der Waals surface area contributed by atoms with E-state index < -0.39 is 0 Å². The van der Waals surface area contributed by atoms with E-state index in [0.29, 0.717) is 11.8 Å². The van der Waals surface area contributed by atoms with Gasteiger partial charge in [0.1, 0.15) is 0 Å². The van der Waals surface area contributed by atoms with Gasteiger partial charge in [-0.15, -0.1) is 0 Å². The lowest BCUT2D eigenvalue weighted by atomic mass is 9.84. The Bertz CT molecular complexity index is 1670. The van der Waals surface area contributed by atoms with Crippen molar-refractivity contribution < 1.29 is 0 Å². The average molecular weight is 459 g/mol. The predicted molar refractivity (Wildman–Crippen MR) is 152 cm³/mol. The number of benzene rings is 6. The van der Waals surface area contributed by atoms with Crippen LogP contribution in [0.25, 0.3) is 43.8 Å². The maximum absolute atomic E-state index is 2.46. The first-order valence-electron chi connectivity index (χ1n) is 13.1. The third kappa shape index (κ3) is 2.88. The molecule has 0 N–H and O–H groups in total. The van der Waals surface area contributed by atoms with Gasteiger partial charge in [0.05, 0.1) is 0 Å². The minimum atomic E-state index is 0.442. The van der Waals surface area contributed by atoms with Gasteiger partial charge in [0.2, 0.25) is 0 Å². The second-order valence-electron chi connectivity index (χ2n) is 10.4. The highest BCUT2D eigenvalue weighted by Gasteiger charge is 2.33. The van der Waals surface area contributed by atoms with E-state index in [1.807, 2.05) is 0 Å². The Morgan fingerprint density at radius 3 is 1.14 bits per heavy atom. The fraction of sp³-hybridized carbons (Fsp3) is 0.111. The van der Waals surface area contributed by atoms with Gasteiger partial charge in [0.15, 0.2) is 0 Å². The Balaban J connectivity index is 1.23. The molecule has 0 spiro atoms. The van der Waals surface area contributed by atoms with Crippen LogP contribution in [0.15, 0.2) is 121 Å². The number of hydrogen-bond acceptors (Lipinski definition) is 0. The van der Waals surface area contributed by atoms with Crippen LogP contribution in [0, 0.1) is 0 Å². The third-order valence-electron chi connectivity index (χ3n) is 8.58. The van der Waals surface area contributed by atoms with Gasteiger partial charge in [-0.3, -0.25) is 0 Å². The zero-order chi connectivity index (χ0) is 23.6. The van der Waals surface area contributed by atoms with Gasteiger partial charge in [-0.1, -0.05) is 97.1 Å². The first-order chi connectivity index (χ1) is 17.8. The monoisotopic (exact) mass is 458 g/mol. The highest BCUT2D eigenvalue weighted by Crippen LogP contribution is 2.52. The maximum Gasteiger partial charge on any atom is 0.0102 e. The standard InChI is InChI=1S/C36H26/c1-3-11-25-21-35-31(27-13-5-7-15-29(27)33(35)19-23(25)9-1)17-18-32-28-14-6-8-16-30(28)34-20-24-10-2-4-12-26(24)22-36(32)34/h1-16,19-22,31-32H,17-18H2. The molecule has 2 unspecified atom stereocenters. The molecule has 2 aliphatic carbocycles. The molecule has 0 fully saturated rings. The summed E-state index contributed by atoms with van der Waals surface area (Å²) in [5.41, 5.74) is 11.7. The van der Waals surface area contributed by atoms with Crippen LogP contribution in [0.5, 0.6) is 0 Å². The maximum atomic E-state index is 2.46. The van der Waals surface area contributed by atoms with Crippen molar-refractivity contribution in [3.05, 3.63) is 144 Å². The molecule has 0 bridgehead atoms. The molecule has 0 aromatic heterocycles. The quantitative estimate of drug-likeness (QED) is 0.248. The number of fused-ring (bicyclic) bond motifs is 8. The molecule has 0 nitrogen and oxygen atoms in total. The van der Waals surface area contributed by atoms with Gasteiger partial charge in [-0.2, -0.15) is 0 Å². The topological polar surface area (TPSA) is 0 Å². The predicted octanol–water partition coefficient (Wildman–Crippen LogP) is 9.70. The summed E-state index contributed by atoms with van der Waals surface area (Å²) in [6, 6.07) is 45.5. The zero-order valence-corrected chi connectivity index (χ0v) is 20.1. The second kappa shape index (κ2) is 7.67. The second-order valence-corrected chi connectivity index (χ2v) is 10.4. The van der Waals surface area contributed by atoms with Crippen LogP contribution in [0.1, 0.15) is 46.9 Å². The van der Waals surface area contributed by atoms with Crippen molar-refractivity contribution >= 4 is 21.5 Å². The molecule has 0 radical (unpaired) electrons. The number of hydrogen-bond donors (Lipinski definition) is 0. The van der Waals surface area contributed by atoms with E-state index in [2.05, 4.69) is 121 Å². The van der Waals surface area contributed by atoms with E-state index in [9.17, 15) is 0 Å². The molecule has 2 atom stereocenters. The first kappa shape index (κ1) is 20.1. The molecule has 2 aliphatic rings. The largest absolute Gasteiger partial charge is 0.0619 e. The van der Waals surface area contributed by atoms with Crippen molar-refractivity contribution in [1.29, 1.82) is 0 Å². The first-order valence-corrected chi connectivity index (χ1v) is 13.1. The van der Waals surface area contributed by atoms with Crippen molar-refractivity contribution in [1.82, 2.24) is 0 Å². The smallest absolute Gasteiger partial charge is 0.0102 e. The molecule has 0 amide bonds. The molecule has 6 aromatic carbocycles. The normalized spacial score (nSPS) is 17.1. The average Bonchev–Trinajstić information content (AvgIpc) is 3.41. The number of rotatable bonds is 3. The van der Waals surface area contributed by atoms with Gasteiger partial charge in [-0.25, -0.2) is 0 Å². The van der Waals surface area contributed by atoms with E-state index in [0.717, 1.165) is 12.8 Å². The third-order valence-corrected chi connectivity index (χ3v) is 8.58. The summed E-state index contributed by atoms with van der Waals surface area (Å²) in [7, 11) is 0. The summed E-state index contributed by atoms with van der Waals surface area (Å²) in [5, 5.41) is 5.35. The Labute approximate surface area is 211 Å². The minimum Gasteiger partial charge on any atom is -0.0619 e. The molecule has 6 aromatic rings. The van der Waals surface area contributed by atoms with Gasteiger partial charge >= 0.3 is 0 Å². The minimum absolute atomic E-state index is 0.442. The van der Waals surface area contributed by atoms with Gasteiger partial charge in [0.25, 0.3) is 0 Å². The molecule has 0 saturated heterocycles. The van der Waals surface area contributed by atoms with Crippen LogP contribution in [-0.2, 0) is 0 Å². The van der Waals surface area contributed by atoms with Gasteiger partial charge in [-0.05, 0) is 103 Å². The summed E-state index contributed by atoms with van der Waals surface area (Å²) in [5.74, 6) is 0.884. The van der Waals surface area contributed by atoms with Crippen molar-refractivity contribution in [2.75, 3.05) is 0 Å². The Morgan fingerprint density at radius 2 is 0.694 bits per heavy atom.